The summed E-state index contributed by atoms with van der Waals surface area (Å²) in [5.41, 5.74) is 3.39. The average Bonchev–Trinajstić information content (AvgIpc) is 2.98. The van der Waals surface area contributed by atoms with Crippen molar-refractivity contribution in [2.75, 3.05) is 10.8 Å². The molecule has 7 nitrogen and oxygen atoms in total. The molecule has 1 atom stereocenters. The van der Waals surface area contributed by atoms with Gasteiger partial charge < -0.3 is 10.2 Å². The highest BCUT2D eigenvalue weighted by atomic mass is 79.9. The Labute approximate surface area is 275 Å². The van der Waals surface area contributed by atoms with Crippen LogP contribution in [0.4, 0.5) is 5.69 Å². The number of hydrogen-bond acceptors (Lipinski definition) is 4. The van der Waals surface area contributed by atoms with Crippen molar-refractivity contribution in [3.8, 4) is 0 Å². The van der Waals surface area contributed by atoms with Crippen molar-refractivity contribution in [3.63, 3.8) is 0 Å². The second-order valence-electron chi connectivity index (χ2n) is 12.2. The van der Waals surface area contributed by atoms with Gasteiger partial charge in [0.05, 0.1) is 10.6 Å². The Hall–Kier alpha value is -3.95. The summed E-state index contributed by atoms with van der Waals surface area (Å²) in [7, 11) is -4.17. The first kappa shape index (κ1) is 33.9. The zero-order valence-electron chi connectivity index (χ0n) is 26.3. The van der Waals surface area contributed by atoms with Gasteiger partial charge in [0.1, 0.15) is 12.6 Å². The Morgan fingerprint density at radius 3 is 2.11 bits per heavy atom. The second kappa shape index (κ2) is 14.4. The quantitative estimate of drug-likeness (QED) is 0.187. The van der Waals surface area contributed by atoms with Gasteiger partial charge in [-0.2, -0.15) is 0 Å². The van der Waals surface area contributed by atoms with Crippen LogP contribution >= 0.6 is 15.9 Å². The van der Waals surface area contributed by atoms with Crippen LogP contribution in [0.2, 0.25) is 0 Å². The molecule has 236 valence electrons. The molecule has 4 rings (SSSR count). The summed E-state index contributed by atoms with van der Waals surface area (Å²) in [6.07, 6.45) is 0.252. The van der Waals surface area contributed by atoms with E-state index in [9.17, 15) is 18.0 Å². The molecule has 0 spiro atoms. The molecule has 0 aromatic heterocycles. The standard InChI is InChI=1S/C36H40BrN3O4S/c1-26-18-20-32(21-19-26)45(43,44)40(31-17-11-16-30(37)23-31)25-34(41)39(24-29-15-10-9-12-27(29)2)33(35(42)38-36(3,4)5)22-28-13-7-6-8-14-28/h6-21,23,33H,22,24-25H2,1-5H3,(H,38,42). The topological polar surface area (TPSA) is 86.8 Å². The van der Waals surface area contributed by atoms with E-state index in [1.54, 1.807) is 48.5 Å². The van der Waals surface area contributed by atoms with Gasteiger partial charge in [0.2, 0.25) is 11.8 Å². The Kier molecular flexibility index (Phi) is 10.9. The fourth-order valence-corrected chi connectivity index (χ4v) is 6.77. The lowest BCUT2D eigenvalue weighted by molar-refractivity contribution is -0.140. The van der Waals surface area contributed by atoms with Crippen molar-refractivity contribution < 1.29 is 18.0 Å². The summed E-state index contributed by atoms with van der Waals surface area (Å²) in [6, 6.07) is 29.7. The fraction of sp³-hybridized carbons (Fsp3) is 0.278. The maximum Gasteiger partial charge on any atom is 0.264 e. The number of rotatable bonds is 11. The summed E-state index contributed by atoms with van der Waals surface area (Å²) >= 11 is 3.45. The first-order valence-electron chi connectivity index (χ1n) is 14.8. The lowest BCUT2D eigenvalue weighted by Gasteiger charge is -2.35. The van der Waals surface area contributed by atoms with Crippen molar-refractivity contribution in [2.24, 2.45) is 0 Å². The van der Waals surface area contributed by atoms with Gasteiger partial charge in [-0.1, -0.05) is 94.3 Å². The number of sulfonamides is 1. The van der Waals surface area contributed by atoms with Crippen LogP contribution in [0.15, 0.2) is 112 Å². The third-order valence-electron chi connectivity index (χ3n) is 7.36. The first-order chi connectivity index (χ1) is 21.2. The van der Waals surface area contributed by atoms with Crippen molar-refractivity contribution in [2.45, 2.75) is 64.1 Å². The molecule has 0 bridgehead atoms. The predicted molar refractivity (Wildman–Crippen MR) is 183 cm³/mol. The summed E-state index contributed by atoms with van der Waals surface area (Å²) in [4.78, 5) is 30.2. The third kappa shape index (κ3) is 9.05. The number of benzene rings is 4. The van der Waals surface area contributed by atoms with E-state index < -0.39 is 34.1 Å². The SMILES string of the molecule is Cc1ccc(S(=O)(=O)N(CC(=O)N(Cc2ccccc2C)C(Cc2ccccc2)C(=O)NC(C)(C)C)c2cccc(Br)c2)cc1. The van der Waals surface area contributed by atoms with Crippen molar-refractivity contribution in [1.29, 1.82) is 0 Å². The largest absolute Gasteiger partial charge is 0.350 e. The minimum Gasteiger partial charge on any atom is -0.350 e. The van der Waals surface area contributed by atoms with Crippen LogP contribution in [0.5, 0.6) is 0 Å². The van der Waals surface area contributed by atoms with Gasteiger partial charge >= 0.3 is 0 Å². The van der Waals surface area contributed by atoms with Gasteiger partial charge in [0.15, 0.2) is 0 Å². The summed E-state index contributed by atoms with van der Waals surface area (Å²) in [5, 5.41) is 3.06. The molecule has 1 N–H and O–H groups in total. The molecular weight excluding hydrogens is 650 g/mol. The van der Waals surface area contributed by atoms with E-state index in [-0.39, 0.29) is 23.8 Å². The highest BCUT2D eigenvalue weighted by Crippen LogP contribution is 2.28. The molecule has 0 fully saturated rings. The highest BCUT2D eigenvalue weighted by molar-refractivity contribution is 9.10. The van der Waals surface area contributed by atoms with E-state index in [0.717, 1.165) is 26.6 Å². The van der Waals surface area contributed by atoms with Gasteiger partial charge in [0, 0.05) is 23.0 Å². The van der Waals surface area contributed by atoms with Crippen LogP contribution in [-0.2, 0) is 32.6 Å². The van der Waals surface area contributed by atoms with E-state index in [1.807, 2.05) is 89.2 Å². The normalized spacial score (nSPS) is 12.3. The molecule has 0 radical (unpaired) electrons. The summed E-state index contributed by atoms with van der Waals surface area (Å²) in [5.74, 6) is -0.817. The molecule has 2 amide bonds. The lowest BCUT2D eigenvalue weighted by Crippen LogP contribution is -2.56. The van der Waals surface area contributed by atoms with Crippen LogP contribution in [0, 0.1) is 13.8 Å². The van der Waals surface area contributed by atoms with Crippen LogP contribution in [-0.4, -0.2) is 43.3 Å². The number of nitrogens with zero attached hydrogens (tertiary/aromatic N) is 2. The molecule has 4 aromatic carbocycles. The van der Waals surface area contributed by atoms with E-state index in [4.69, 9.17) is 0 Å². The van der Waals surface area contributed by atoms with Crippen LogP contribution in [0.25, 0.3) is 0 Å². The van der Waals surface area contributed by atoms with E-state index in [1.165, 1.54) is 4.90 Å². The van der Waals surface area contributed by atoms with Crippen molar-refractivity contribution in [1.82, 2.24) is 10.2 Å². The zero-order valence-corrected chi connectivity index (χ0v) is 28.7. The van der Waals surface area contributed by atoms with Gasteiger partial charge in [-0.3, -0.25) is 13.9 Å². The van der Waals surface area contributed by atoms with Crippen LogP contribution < -0.4 is 9.62 Å². The Morgan fingerprint density at radius 2 is 1.49 bits per heavy atom. The first-order valence-corrected chi connectivity index (χ1v) is 17.0. The van der Waals surface area contributed by atoms with Crippen LogP contribution in [0.1, 0.15) is 43.0 Å². The second-order valence-corrected chi connectivity index (χ2v) is 15.0. The van der Waals surface area contributed by atoms with Crippen LogP contribution in [0.3, 0.4) is 0 Å². The smallest absolute Gasteiger partial charge is 0.264 e. The maximum atomic E-state index is 14.6. The minimum absolute atomic E-state index is 0.0673. The molecule has 9 heteroatoms. The van der Waals surface area contributed by atoms with Gasteiger partial charge in [-0.05, 0) is 81.6 Å². The summed E-state index contributed by atoms with van der Waals surface area (Å²) < 4.78 is 30.1. The molecule has 4 aromatic rings. The Balaban J connectivity index is 1.83. The van der Waals surface area contributed by atoms with Crippen molar-refractivity contribution in [3.05, 3.63) is 130 Å². The maximum absolute atomic E-state index is 14.6. The molecule has 0 aliphatic rings. The molecule has 1 unspecified atom stereocenters. The number of aryl methyl sites for hydroxylation is 2. The summed E-state index contributed by atoms with van der Waals surface area (Å²) in [6.45, 7) is 9.12. The average molecular weight is 691 g/mol. The third-order valence-corrected chi connectivity index (χ3v) is 9.64. The monoisotopic (exact) mass is 689 g/mol. The number of hydrogen-bond donors (Lipinski definition) is 1. The van der Waals surface area contributed by atoms with Crippen molar-refractivity contribution >= 4 is 43.5 Å². The molecule has 0 aliphatic carbocycles. The zero-order chi connectivity index (χ0) is 32.8. The minimum atomic E-state index is -4.17. The number of carbonyl (C=O) groups excluding carboxylic acids is 2. The molecule has 0 aliphatic heterocycles. The van der Waals surface area contributed by atoms with E-state index in [0.29, 0.717) is 10.2 Å². The van der Waals surface area contributed by atoms with Gasteiger partial charge in [-0.25, -0.2) is 8.42 Å². The number of anilines is 1. The number of nitrogens with one attached hydrogen (secondary N) is 1. The van der Waals surface area contributed by atoms with E-state index in [2.05, 4.69) is 21.2 Å². The predicted octanol–water partition coefficient (Wildman–Crippen LogP) is 6.82. The molecule has 0 heterocycles. The fourth-order valence-electron chi connectivity index (χ4n) is 4.98. The number of carbonyl (C=O) groups is 2. The lowest BCUT2D eigenvalue weighted by atomic mass is 10.00. The van der Waals surface area contributed by atoms with Gasteiger partial charge in [-0.15, -0.1) is 0 Å². The Bertz CT molecular complexity index is 1740. The van der Waals surface area contributed by atoms with Gasteiger partial charge in [0.25, 0.3) is 10.0 Å². The Morgan fingerprint density at radius 1 is 0.844 bits per heavy atom. The molecule has 0 saturated heterocycles. The number of halogens is 1. The molecule has 0 saturated carbocycles. The molecular formula is C36H40BrN3O4S. The molecule has 45 heavy (non-hydrogen) atoms. The number of amides is 2. The van der Waals surface area contributed by atoms with E-state index >= 15 is 0 Å². The highest BCUT2D eigenvalue weighted by Gasteiger charge is 2.35.